The standard InChI is InChI=1S/C46H29N3O/c1-3-14-30(15-4-1)31-16-11-17-32(28-31)39-29-40(36-23-12-22-35-34-20-8-10-27-43(34)50-45(35)36)48-46(47-39)38-24-13-26-42-44(38)37-21-7-9-25-41(37)49(42)33-18-5-2-6-19-33/h1-29H. The van der Waals surface area contributed by atoms with Crippen LogP contribution >= 0.6 is 0 Å². The Morgan fingerprint density at radius 3 is 1.92 bits per heavy atom. The number of rotatable bonds is 5. The van der Waals surface area contributed by atoms with Crippen molar-refractivity contribution in [1.29, 1.82) is 0 Å². The molecule has 7 aromatic carbocycles. The Hall–Kier alpha value is -6.78. The van der Waals surface area contributed by atoms with Crippen LogP contribution in [0.4, 0.5) is 0 Å². The van der Waals surface area contributed by atoms with Crippen LogP contribution in [0.25, 0.3) is 94.5 Å². The van der Waals surface area contributed by atoms with Crippen LogP contribution in [0.15, 0.2) is 180 Å². The number of furan rings is 1. The molecule has 50 heavy (non-hydrogen) atoms. The van der Waals surface area contributed by atoms with Crippen molar-refractivity contribution < 1.29 is 4.42 Å². The third-order valence-corrected chi connectivity index (χ3v) is 9.62. The number of fused-ring (bicyclic) bond motifs is 6. The van der Waals surface area contributed by atoms with Gasteiger partial charge in [0.05, 0.1) is 22.4 Å². The second kappa shape index (κ2) is 11.4. The lowest BCUT2D eigenvalue weighted by molar-refractivity contribution is 0.670. The zero-order chi connectivity index (χ0) is 33.0. The monoisotopic (exact) mass is 639 g/mol. The Kier molecular flexibility index (Phi) is 6.46. The van der Waals surface area contributed by atoms with Gasteiger partial charge in [0.2, 0.25) is 0 Å². The first-order valence-electron chi connectivity index (χ1n) is 16.8. The minimum absolute atomic E-state index is 0.664. The summed E-state index contributed by atoms with van der Waals surface area (Å²) in [6.45, 7) is 0. The molecule has 4 heteroatoms. The Bertz CT molecular complexity index is 2870. The average molecular weight is 640 g/mol. The summed E-state index contributed by atoms with van der Waals surface area (Å²) in [5, 5.41) is 4.44. The number of hydrogen-bond donors (Lipinski definition) is 0. The third kappa shape index (κ3) is 4.54. The third-order valence-electron chi connectivity index (χ3n) is 9.62. The van der Waals surface area contributed by atoms with Crippen molar-refractivity contribution in [1.82, 2.24) is 14.5 Å². The Morgan fingerprint density at radius 2 is 1.04 bits per heavy atom. The number of para-hydroxylation sites is 4. The molecule has 0 saturated heterocycles. The molecule has 0 aliphatic carbocycles. The number of hydrogen-bond acceptors (Lipinski definition) is 3. The zero-order valence-corrected chi connectivity index (χ0v) is 27.0. The van der Waals surface area contributed by atoms with Crippen LogP contribution < -0.4 is 0 Å². The number of aromatic nitrogens is 3. The van der Waals surface area contributed by atoms with Gasteiger partial charge in [-0.2, -0.15) is 0 Å². The van der Waals surface area contributed by atoms with Gasteiger partial charge < -0.3 is 8.98 Å². The first-order chi connectivity index (χ1) is 24.8. The largest absolute Gasteiger partial charge is 0.455 e. The lowest BCUT2D eigenvalue weighted by Crippen LogP contribution is -1.97. The van der Waals surface area contributed by atoms with Crippen LogP contribution in [0.2, 0.25) is 0 Å². The van der Waals surface area contributed by atoms with Gasteiger partial charge in [-0.1, -0.05) is 127 Å². The second-order valence-electron chi connectivity index (χ2n) is 12.6. The van der Waals surface area contributed by atoms with E-state index in [4.69, 9.17) is 14.4 Å². The number of benzene rings is 7. The molecule has 3 aromatic heterocycles. The van der Waals surface area contributed by atoms with Gasteiger partial charge in [-0.05, 0) is 59.7 Å². The molecule has 234 valence electrons. The average Bonchev–Trinajstić information content (AvgIpc) is 3.75. The SMILES string of the molecule is c1ccc(-c2cccc(-c3cc(-c4cccc5c4oc4ccccc45)nc(-c4cccc5c4c4ccccc4n5-c4ccccc4)n3)c2)cc1. The van der Waals surface area contributed by atoms with Crippen LogP contribution in [-0.2, 0) is 0 Å². The molecule has 10 rings (SSSR count). The summed E-state index contributed by atoms with van der Waals surface area (Å²) in [4.78, 5) is 10.7. The van der Waals surface area contributed by atoms with Crippen molar-refractivity contribution >= 4 is 43.7 Å². The van der Waals surface area contributed by atoms with Gasteiger partial charge >= 0.3 is 0 Å². The fourth-order valence-corrected chi connectivity index (χ4v) is 7.35. The van der Waals surface area contributed by atoms with E-state index in [-0.39, 0.29) is 0 Å². The van der Waals surface area contributed by atoms with E-state index in [0.29, 0.717) is 5.82 Å². The summed E-state index contributed by atoms with van der Waals surface area (Å²) in [6, 6.07) is 61.3. The topological polar surface area (TPSA) is 43.9 Å². The van der Waals surface area contributed by atoms with E-state index in [1.165, 1.54) is 0 Å². The summed E-state index contributed by atoms with van der Waals surface area (Å²) < 4.78 is 8.85. The van der Waals surface area contributed by atoms with E-state index in [2.05, 4.69) is 162 Å². The van der Waals surface area contributed by atoms with E-state index < -0.39 is 0 Å². The normalized spacial score (nSPS) is 11.6. The molecule has 0 atom stereocenters. The predicted octanol–water partition coefficient (Wildman–Crippen LogP) is 12.1. The lowest BCUT2D eigenvalue weighted by Gasteiger charge is -2.12. The number of nitrogens with zero attached hydrogens (tertiary/aromatic N) is 3. The molecule has 0 aliphatic rings. The minimum atomic E-state index is 0.664. The van der Waals surface area contributed by atoms with Crippen LogP contribution in [0, 0.1) is 0 Å². The molecule has 4 nitrogen and oxygen atoms in total. The van der Waals surface area contributed by atoms with Gasteiger partial charge in [0.1, 0.15) is 11.2 Å². The Morgan fingerprint density at radius 1 is 0.420 bits per heavy atom. The summed E-state index contributed by atoms with van der Waals surface area (Å²) in [5.74, 6) is 0.664. The molecule has 0 fully saturated rings. The lowest BCUT2D eigenvalue weighted by atomic mass is 9.99. The van der Waals surface area contributed by atoms with Gasteiger partial charge in [0.25, 0.3) is 0 Å². The summed E-state index contributed by atoms with van der Waals surface area (Å²) in [7, 11) is 0. The van der Waals surface area contributed by atoms with Gasteiger partial charge in [-0.15, -0.1) is 0 Å². The molecule has 0 N–H and O–H groups in total. The zero-order valence-electron chi connectivity index (χ0n) is 27.0. The van der Waals surface area contributed by atoms with E-state index in [9.17, 15) is 0 Å². The summed E-state index contributed by atoms with van der Waals surface area (Å²) in [5.41, 5.74) is 11.9. The molecule has 0 unspecified atom stereocenters. The van der Waals surface area contributed by atoms with Crippen molar-refractivity contribution in [3.05, 3.63) is 176 Å². The van der Waals surface area contributed by atoms with E-state index in [1.54, 1.807) is 0 Å². The van der Waals surface area contributed by atoms with Gasteiger partial charge in [0, 0.05) is 43.9 Å². The molecule has 0 saturated carbocycles. The van der Waals surface area contributed by atoms with Crippen LogP contribution in [0.5, 0.6) is 0 Å². The molecule has 0 spiro atoms. The van der Waals surface area contributed by atoms with Crippen molar-refractivity contribution in [3.8, 4) is 50.7 Å². The van der Waals surface area contributed by atoms with Crippen LogP contribution in [0.3, 0.4) is 0 Å². The highest BCUT2D eigenvalue weighted by atomic mass is 16.3. The maximum absolute atomic E-state index is 6.52. The minimum Gasteiger partial charge on any atom is -0.455 e. The molecular formula is C46H29N3O. The maximum atomic E-state index is 6.52. The highest BCUT2D eigenvalue weighted by molar-refractivity contribution is 6.15. The van der Waals surface area contributed by atoms with E-state index in [1.807, 2.05) is 18.2 Å². The first-order valence-corrected chi connectivity index (χ1v) is 16.8. The second-order valence-corrected chi connectivity index (χ2v) is 12.6. The molecule has 10 aromatic rings. The highest BCUT2D eigenvalue weighted by Crippen LogP contribution is 2.40. The highest BCUT2D eigenvalue weighted by Gasteiger charge is 2.20. The van der Waals surface area contributed by atoms with Crippen LogP contribution in [-0.4, -0.2) is 14.5 Å². The van der Waals surface area contributed by atoms with E-state index >= 15 is 0 Å². The molecular weight excluding hydrogens is 611 g/mol. The Balaban J connectivity index is 1.26. The molecule has 0 amide bonds. The van der Waals surface area contributed by atoms with Gasteiger partial charge in [-0.25, -0.2) is 9.97 Å². The van der Waals surface area contributed by atoms with Gasteiger partial charge in [0.15, 0.2) is 5.82 Å². The van der Waals surface area contributed by atoms with Crippen molar-refractivity contribution in [2.24, 2.45) is 0 Å². The maximum Gasteiger partial charge on any atom is 0.161 e. The first kappa shape index (κ1) is 28.3. The van der Waals surface area contributed by atoms with Gasteiger partial charge in [-0.3, -0.25) is 0 Å². The quantitative estimate of drug-likeness (QED) is 0.188. The van der Waals surface area contributed by atoms with Crippen LogP contribution in [0.1, 0.15) is 0 Å². The van der Waals surface area contributed by atoms with Crippen molar-refractivity contribution in [3.63, 3.8) is 0 Å². The fourth-order valence-electron chi connectivity index (χ4n) is 7.35. The van der Waals surface area contributed by atoms with Crippen molar-refractivity contribution in [2.45, 2.75) is 0 Å². The van der Waals surface area contributed by atoms with E-state index in [0.717, 1.165) is 88.6 Å². The summed E-state index contributed by atoms with van der Waals surface area (Å²) >= 11 is 0. The molecule has 0 aliphatic heterocycles. The smallest absolute Gasteiger partial charge is 0.161 e. The molecule has 0 bridgehead atoms. The van der Waals surface area contributed by atoms with Crippen molar-refractivity contribution in [2.75, 3.05) is 0 Å². The fraction of sp³-hybridized carbons (Fsp3) is 0. The molecule has 3 heterocycles. The summed E-state index contributed by atoms with van der Waals surface area (Å²) in [6.07, 6.45) is 0. The molecule has 0 radical (unpaired) electrons. The Labute approximate surface area is 288 Å². The predicted molar refractivity (Wildman–Crippen MR) is 205 cm³/mol.